The highest BCUT2D eigenvalue weighted by Gasteiger charge is 2.41. The van der Waals surface area contributed by atoms with Gasteiger partial charge >= 0.3 is 5.97 Å². The summed E-state index contributed by atoms with van der Waals surface area (Å²) in [6, 6.07) is 0. The fourth-order valence-electron chi connectivity index (χ4n) is 2.62. The van der Waals surface area contributed by atoms with Gasteiger partial charge in [-0.05, 0) is 25.3 Å². The van der Waals surface area contributed by atoms with E-state index in [9.17, 15) is 4.79 Å². The quantitative estimate of drug-likeness (QED) is 0.737. The second-order valence-corrected chi connectivity index (χ2v) is 5.30. The van der Waals surface area contributed by atoms with Crippen LogP contribution >= 0.6 is 0 Å². The summed E-state index contributed by atoms with van der Waals surface area (Å²) in [7, 11) is 1.47. The Hall–Kier alpha value is -0.610. The van der Waals surface area contributed by atoms with Crippen molar-refractivity contribution in [2.24, 2.45) is 5.92 Å². The maximum atomic E-state index is 11.9. The average molecular weight is 242 g/mol. The van der Waals surface area contributed by atoms with Gasteiger partial charge in [-0.1, -0.05) is 20.8 Å². The zero-order valence-corrected chi connectivity index (χ0v) is 11.6. The summed E-state index contributed by atoms with van der Waals surface area (Å²) in [4.78, 5) is 14.3. The number of ether oxygens (including phenoxy) is 1. The number of likely N-dealkylation sites (tertiary alicyclic amines) is 1. The summed E-state index contributed by atoms with van der Waals surface area (Å²) in [6.45, 7) is 10.4. The van der Waals surface area contributed by atoms with Crippen molar-refractivity contribution >= 4 is 5.97 Å². The summed E-state index contributed by atoms with van der Waals surface area (Å²) in [5.74, 6) is 0.573. The maximum Gasteiger partial charge on any atom is 0.326 e. The first-order chi connectivity index (χ1) is 8.04. The van der Waals surface area contributed by atoms with Gasteiger partial charge in [-0.15, -0.1) is 0 Å². The number of carbonyl (C=O) groups excluding carboxylic acids is 1. The molecule has 1 aliphatic heterocycles. The average Bonchev–Trinajstić information content (AvgIpc) is 2.30. The zero-order chi connectivity index (χ0) is 12.9. The van der Waals surface area contributed by atoms with Crippen LogP contribution < -0.4 is 5.32 Å². The van der Waals surface area contributed by atoms with Crippen molar-refractivity contribution in [3.8, 4) is 0 Å². The molecule has 0 bridgehead atoms. The van der Waals surface area contributed by atoms with Crippen LogP contribution in [0.5, 0.6) is 0 Å². The predicted octanol–water partition coefficient (Wildman–Crippen LogP) is 1.26. The van der Waals surface area contributed by atoms with E-state index in [-0.39, 0.29) is 5.97 Å². The predicted molar refractivity (Wildman–Crippen MR) is 68.9 cm³/mol. The molecule has 0 unspecified atom stereocenters. The van der Waals surface area contributed by atoms with Crippen molar-refractivity contribution in [1.82, 2.24) is 10.2 Å². The van der Waals surface area contributed by atoms with Gasteiger partial charge < -0.3 is 15.0 Å². The van der Waals surface area contributed by atoms with Crippen molar-refractivity contribution in [2.45, 2.75) is 39.2 Å². The van der Waals surface area contributed by atoms with Gasteiger partial charge in [-0.3, -0.25) is 4.79 Å². The molecule has 100 valence electrons. The van der Waals surface area contributed by atoms with Crippen LogP contribution in [-0.2, 0) is 9.53 Å². The number of likely N-dealkylation sites (N-methyl/N-ethyl adjacent to an activating group) is 1. The monoisotopic (exact) mass is 242 g/mol. The number of rotatable bonds is 5. The fraction of sp³-hybridized carbons (Fsp3) is 0.923. The van der Waals surface area contributed by atoms with Gasteiger partial charge in [0.15, 0.2) is 0 Å². The highest BCUT2D eigenvalue weighted by atomic mass is 16.5. The molecule has 1 saturated heterocycles. The largest absolute Gasteiger partial charge is 0.468 e. The van der Waals surface area contributed by atoms with Crippen molar-refractivity contribution in [3.05, 3.63) is 0 Å². The van der Waals surface area contributed by atoms with Crippen LogP contribution in [-0.4, -0.2) is 49.7 Å². The summed E-state index contributed by atoms with van der Waals surface area (Å²) in [6.07, 6.45) is 1.69. The van der Waals surface area contributed by atoms with Gasteiger partial charge in [0.2, 0.25) is 0 Å². The third-order valence-electron chi connectivity index (χ3n) is 3.42. The van der Waals surface area contributed by atoms with Crippen molar-refractivity contribution < 1.29 is 9.53 Å². The minimum Gasteiger partial charge on any atom is -0.468 e. The van der Waals surface area contributed by atoms with Gasteiger partial charge in [0.1, 0.15) is 5.54 Å². The van der Waals surface area contributed by atoms with Crippen LogP contribution in [0.25, 0.3) is 0 Å². The Bertz CT molecular complexity index is 246. The lowest BCUT2D eigenvalue weighted by atomic mass is 9.87. The van der Waals surface area contributed by atoms with Gasteiger partial charge in [0.05, 0.1) is 7.11 Å². The Morgan fingerprint density at radius 2 is 2.00 bits per heavy atom. The molecule has 1 rings (SSSR count). The molecule has 0 aromatic rings. The first kappa shape index (κ1) is 14.5. The first-order valence-corrected chi connectivity index (χ1v) is 6.60. The van der Waals surface area contributed by atoms with Gasteiger partial charge in [0.25, 0.3) is 0 Å². The molecule has 1 N–H and O–H groups in total. The second-order valence-electron chi connectivity index (χ2n) is 5.30. The minimum absolute atomic E-state index is 0.108. The van der Waals surface area contributed by atoms with E-state index in [1.54, 1.807) is 0 Å². The minimum atomic E-state index is -0.447. The maximum absolute atomic E-state index is 11.9. The lowest BCUT2D eigenvalue weighted by Gasteiger charge is -2.40. The normalized spacial score (nSPS) is 20.5. The second kappa shape index (κ2) is 6.36. The fourth-order valence-corrected chi connectivity index (χ4v) is 2.62. The van der Waals surface area contributed by atoms with Crippen LogP contribution in [0, 0.1) is 5.92 Å². The standard InChI is InChI=1S/C13H26N2O2/c1-5-14-13(12(16)17-4)6-8-15(9-7-13)10-11(2)3/h11,14H,5-10H2,1-4H3. The SMILES string of the molecule is CCNC1(C(=O)OC)CCN(CC(C)C)CC1. The van der Waals surface area contributed by atoms with E-state index in [2.05, 4.69) is 24.1 Å². The molecular formula is C13H26N2O2. The van der Waals surface area contributed by atoms with E-state index >= 15 is 0 Å². The zero-order valence-electron chi connectivity index (χ0n) is 11.6. The number of esters is 1. The van der Waals surface area contributed by atoms with E-state index in [0.29, 0.717) is 5.92 Å². The van der Waals surface area contributed by atoms with Gasteiger partial charge in [0, 0.05) is 19.6 Å². The molecule has 17 heavy (non-hydrogen) atoms. The molecule has 0 spiro atoms. The summed E-state index contributed by atoms with van der Waals surface area (Å²) in [5, 5.41) is 3.32. The van der Waals surface area contributed by atoms with Crippen molar-refractivity contribution in [2.75, 3.05) is 33.3 Å². The summed E-state index contributed by atoms with van der Waals surface area (Å²) < 4.78 is 4.94. The molecule has 4 nitrogen and oxygen atoms in total. The molecule has 0 aliphatic carbocycles. The molecular weight excluding hydrogens is 216 g/mol. The molecule has 0 radical (unpaired) electrons. The molecule has 0 saturated carbocycles. The van der Waals surface area contributed by atoms with Crippen LogP contribution in [0.1, 0.15) is 33.6 Å². The molecule has 4 heteroatoms. The lowest BCUT2D eigenvalue weighted by molar-refractivity contribution is -0.151. The summed E-state index contributed by atoms with van der Waals surface area (Å²) >= 11 is 0. The third kappa shape index (κ3) is 3.68. The summed E-state index contributed by atoms with van der Waals surface area (Å²) in [5.41, 5.74) is -0.447. The number of hydrogen-bond acceptors (Lipinski definition) is 4. The number of piperidine rings is 1. The number of nitrogens with zero attached hydrogens (tertiary/aromatic N) is 1. The van der Waals surface area contributed by atoms with Gasteiger partial charge in [-0.25, -0.2) is 0 Å². The number of hydrogen-bond donors (Lipinski definition) is 1. The van der Waals surface area contributed by atoms with E-state index in [1.165, 1.54) is 7.11 Å². The molecule has 0 atom stereocenters. The Morgan fingerprint density at radius 3 is 2.41 bits per heavy atom. The molecule has 0 aromatic heterocycles. The Kier molecular flexibility index (Phi) is 5.40. The Morgan fingerprint density at radius 1 is 1.41 bits per heavy atom. The molecule has 0 aromatic carbocycles. The third-order valence-corrected chi connectivity index (χ3v) is 3.42. The first-order valence-electron chi connectivity index (χ1n) is 6.60. The van der Waals surface area contributed by atoms with Crippen LogP contribution in [0.15, 0.2) is 0 Å². The molecule has 1 heterocycles. The highest BCUT2D eigenvalue weighted by molar-refractivity contribution is 5.81. The Balaban J connectivity index is 2.58. The van der Waals surface area contributed by atoms with Crippen molar-refractivity contribution in [3.63, 3.8) is 0 Å². The topological polar surface area (TPSA) is 41.6 Å². The smallest absolute Gasteiger partial charge is 0.326 e. The van der Waals surface area contributed by atoms with Gasteiger partial charge in [-0.2, -0.15) is 0 Å². The molecule has 1 aliphatic rings. The number of carbonyl (C=O) groups is 1. The Labute approximate surface area is 105 Å². The molecule has 0 amide bonds. The van der Waals surface area contributed by atoms with Crippen LogP contribution in [0.3, 0.4) is 0 Å². The highest BCUT2D eigenvalue weighted by Crippen LogP contribution is 2.24. The van der Waals surface area contributed by atoms with Crippen molar-refractivity contribution in [1.29, 1.82) is 0 Å². The van der Waals surface area contributed by atoms with E-state index < -0.39 is 5.54 Å². The van der Waals surface area contributed by atoms with Crippen LogP contribution in [0.2, 0.25) is 0 Å². The van der Waals surface area contributed by atoms with E-state index in [0.717, 1.165) is 39.0 Å². The number of nitrogens with one attached hydrogen (secondary N) is 1. The van der Waals surface area contributed by atoms with E-state index in [1.807, 2.05) is 6.92 Å². The van der Waals surface area contributed by atoms with E-state index in [4.69, 9.17) is 4.74 Å². The molecule has 1 fully saturated rings. The number of methoxy groups -OCH3 is 1. The lowest BCUT2D eigenvalue weighted by Crippen LogP contribution is -2.59. The van der Waals surface area contributed by atoms with Crippen LogP contribution in [0.4, 0.5) is 0 Å².